The number of para-hydroxylation sites is 1. The Morgan fingerprint density at radius 2 is 1.97 bits per heavy atom. The average molecular weight is 482 g/mol. The quantitative estimate of drug-likeness (QED) is 0.472. The standard InChI is InChI=1S/C27H35N3O3S/c1-32-22-9-5-8-21-18-23(33-24(21)22)25(31)29-15-11-27(12-16-29)13-17-30(19-27)26(34)28-14-10-20-6-3-2-4-7-20/h5-6,8-9,18H,2-4,7,10-17,19H2,1H3,(H,28,34). The number of nitrogens with one attached hydrogen (secondary N) is 1. The minimum Gasteiger partial charge on any atom is -0.493 e. The van der Waals surface area contributed by atoms with Crippen molar-refractivity contribution in [2.24, 2.45) is 5.41 Å². The van der Waals surface area contributed by atoms with Gasteiger partial charge in [0, 0.05) is 38.1 Å². The van der Waals surface area contributed by atoms with Gasteiger partial charge in [0.2, 0.25) is 0 Å². The van der Waals surface area contributed by atoms with E-state index in [2.05, 4.69) is 16.3 Å². The fraction of sp³-hybridized carbons (Fsp3) is 0.556. The van der Waals surface area contributed by atoms with Gasteiger partial charge in [-0.05, 0) is 81.1 Å². The first-order valence-electron chi connectivity index (χ1n) is 12.6. The molecule has 0 saturated carbocycles. The molecule has 2 fully saturated rings. The van der Waals surface area contributed by atoms with E-state index in [0.29, 0.717) is 17.1 Å². The molecule has 34 heavy (non-hydrogen) atoms. The van der Waals surface area contributed by atoms with Gasteiger partial charge in [-0.3, -0.25) is 4.79 Å². The Kier molecular flexibility index (Phi) is 6.82. The van der Waals surface area contributed by atoms with Crippen LogP contribution < -0.4 is 10.1 Å². The summed E-state index contributed by atoms with van der Waals surface area (Å²) >= 11 is 5.72. The number of likely N-dealkylation sites (tertiary alicyclic amines) is 2. The second-order valence-electron chi connectivity index (χ2n) is 10.0. The summed E-state index contributed by atoms with van der Waals surface area (Å²) in [6.07, 6.45) is 11.8. The van der Waals surface area contributed by atoms with E-state index in [1.807, 2.05) is 29.2 Å². The number of methoxy groups -OCH3 is 1. The molecule has 1 N–H and O–H groups in total. The molecule has 1 aromatic carbocycles. The molecule has 3 heterocycles. The van der Waals surface area contributed by atoms with Gasteiger partial charge in [-0.2, -0.15) is 0 Å². The first-order chi connectivity index (χ1) is 16.6. The number of nitrogens with zero attached hydrogens (tertiary/aromatic N) is 2. The van der Waals surface area contributed by atoms with E-state index in [1.165, 1.54) is 25.7 Å². The van der Waals surface area contributed by atoms with Gasteiger partial charge in [0.25, 0.3) is 5.91 Å². The number of fused-ring (bicyclic) bond motifs is 1. The van der Waals surface area contributed by atoms with Crippen molar-refractivity contribution in [2.45, 2.75) is 51.4 Å². The highest BCUT2D eigenvalue weighted by atomic mass is 32.1. The maximum atomic E-state index is 13.1. The number of ether oxygens (including phenoxy) is 1. The van der Waals surface area contributed by atoms with Gasteiger partial charge in [0.05, 0.1) is 7.11 Å². The summed E-state index contributed by atoms with van der Waals surface area (Å²) in [6.45, 7) is 4.44. The van der Waals surface area contributed by atoms with E-state index in [-0.39, 0.29) is 11.3 Å². The molecule has 1 amide bonds. The monoisotopic (exact) mass is 481 g/mol. The summed E-state index contributed by atoms with van der Waals surface area (Å²) in [4.78, 5) is 17.4. The van der Waals surface area contributed by atoms with Gasteiger partial charge in [-0.1, -0.05) is 23.8 Å². The number of thiocarbonyl (C=S) groups is 1. The van der Waals surface area contributed by atoms with E-state index in [0.717, 1.165) is 68.9 Å². The third kappa shape index (κ3) is 4.81. The molecule has 6 nitrogen and oxygen atoms in total. The Morgan fingerprint density at radius 1 is 1.18 bits per heavy atom. The average Bonchev–Trinajstić information content (AvgIpc) is 3.49. The number of amides is 1. The lowest BCUT2D eigenvalue weighted by Crippen LogP contribution is -2.45. The SMILES string of the molecule is COc1cccc2cc(C(=O)N3CCC4(CC3)CCN(C(=S)NCCC3=CCCCC3)C4)oc12. The molecule has 2 saturated heterocycles. The molecular weight excluding hydrogens is 446 g/mol. The summed E-state index contributed by atoms with van der Waals surface area (Å²) in [7, 11) is 1.61. The van der Waals surface area contributed by atoms with Gasteiger partial charge in [0.15, 0.2) is 22.2 Å². The zero-order valence-corrected chi connectivity index (χ0v) is 20.9. The Bertz CT molecular complexity index is 1080. The van der Waals surface area contributed by atoms with Crippen molar-refractivity contribution in [1.82, 2.24) is 15.1 Å². The summed E-state index contributed by atoms with van der Waals surface area (Å²) < 4.78 is 11.3. The molecule has 0 bridgehead atoms. The maximum Gasteiger partial charge on any atom is 0.289 e. The Labute approximate surface area is 207 Å². The fourth-order valence-corrected chi connectivity index (χ4v) is 5.99. The van der Waals surface area contributed by atoms with Crippen LogP contribution in [0.4, 0.5) is 0 Å². The maximum absolute atomic E-state index is 13.1. The second kappa shape index (κ2) is 9.98. The molecule has 0 atom stereocenters. The zero-order valence-electron chi connectivity index (χ0n) is 20.1. The molecule has 1 aromatic heterocycles. The molecule has 5 rings (SSSR count). The fourth-order valence-electron chi connectivity index (χ4n) is 5.73. The van der Waals surface area contributed by atoms with E-state index in [9.17, 15) is 4.79 Å². The minimum atomic E-state index is -0.0304. The van der Waals surface area contributed by atoms with Crippen molar-refractivity contribution in [3.8, 4) is 5.75 Å². The Morgan fingerprint density at radius 3 is 2.71 bits per heavy atom. The van der Waals surface area contributed by atoms with Crippen LogP contribution in [0.1, 0.15) is 61.9 Å². The van der Waals surface area contributed by atoms with Gasteiger partial charge >= 0.3 is 0 Å². The number of rotatable bonds is 5. The number of carbonyl (C=O) groups is 1. The molecule has 7 heteroatoms. The van der Waals surface area contributed by atoms with E-state index < -0.39 is 0 Å². The first-order valence-corrected chi connectivity index (χ1v) is 13.0. The lowest BCUT2D eigenvalue weighted by molar-refractivity contribution is 0.0570. The van der Waals surface area contributed by atoms with Crippen LogP contribution in [0.5, 0.6) is 5.75 Å². The van der Waals surface area contributed by atoms with Crippen LogP contribution in [0, 0.1) is 5.41 Å². The molecule has 3 aliphatic rings. The number of furan rings is 1. The summed E-state index contributed by atoms with van der Waals surface area (Å²) in [5.41, 5.74) is 2.47. The highest BCUT2D eigenvalue weighted by Gasteiger charge is 2.42. The largest absolute Gasteiger partial charge is 0.493 e. The number of carbonyl (C=O) groups excluding carboxylic acids is 1. The smallest absolute Gasteiger partial charge is 0.289 e. The number of hydrogen-bond acceptors (Lipinski definition) is 4. The lowest BCUT2D eigenvalue weighted by Gasteiger charge is -2.39. The van der Waals surface area contributed by atoms with Gasteiger partial charge in [-0.15, -0.1) is 0 Å². The molecule has 1 spiro atoms. The van der Waals surface area contributed by atoms with Crippen LogP contribution in [0.15, 0.2) is 40.3 Å². The molecule has 0 unspecified atom stereocenters. The molecule has 2 aliphatic heterocycles. The summed E-state index contributed by atoms with van der Waals surface area (Å²) in [5, 5.41) is 5.28. The normalized spacial score (nSPS) is 20.0. The minimum absolute atomic E-state index is 0.0304. The summed E-state index contributed by atoms with van der Waals surface area (Å²) in [5.74, 6) is 1.01. The summed E-state index contributed by atoms with van der Waals surface area (Å²) in [6, 6.07) is 7.53. The van der Waals surface area contributed by atoms with Gasteiger partial charge < -0.3 is 24.3 Å². The van der Waals surface area contributed by atoms with Crippen LogP contribution in [-0.2, 0) is 0 Å². The van der Waals surface area contributed by atoms with Crippen molar-refractivity contribution >= 4 is 34.2 Å². The highest BCUT2D eigenvalue weighted by Crippen LogP contribution is 2.41. The molecular formula is C27H35N3O3S. The van der Waals surface area contributed by atoms with Crippen LogP contribution in [0.2, 0.25) is 0 Å². The molecule has 182 valence electrons. The Balaban J connectivity index is 1.12. The van der Waals surface area contributed by atoms with Crippen LogP contribution >= 0.6 is 12.2 Å². The number of benzene rings is 1. The second-order valence-corrected chi connectivity index (χ2v) is 10.4. The van der Waals surface area contributed by atoms with Crippen molar-refractivity contribution in [1.29, 1.82) is 0 Å². The van der Waals surface area contributed by atoms with Gasteiger partial charge in [0.1, 0.15) is 0 Å². The predicted molar refractivity (Wildman–Crippen MR) is 138 cm³/mol. The van der Waals surface area contributed by atoms with Crippen molar-refractivity contribution in [2.75, 3.05) is 39.8 Å². The predicted octanol–water partition coefficient (Wildman–Crippen LogP) is 5.13. The number of allylic oxidation sites excluding steroid dienone is 1. The topological polar surface area (TPSA) is 58.0 Å². The van der Waals surface area contributed by atoms with Crippen molar-refractivity contribution in [3.05, 3.63) is 41.7 Å². The zero-order chi connectivity index (χ0) is 23.5. The van der Waals surface area contributed by atoms with Crippen LogP contribution in [0.25, 0.3) is 11.0 Å². The van der Waals surface area contributed by atoms with Crippen LogP contribution in [0.3, 0.4) is 0 Å². The Hall–Kier alpha value is -2.54. The first kappa shape index (κ1) is 23.2. The van der Waals surface area contributed by atoms with Crippen molar-refractivity contribution < 1.29 is 13.9 Å². The third-order valence-electron chi connectivity index (χ3n) is 7.88. The number of piperidine rings is 1. The number of hydrogen-bond donors (Lipinski definition) is 1. The molecule has 0 radical (unpaired) electrons. The molecule has 1 aliphatic carbocycles. The van der Waals surface area contributed by atoms with E-state index in [1.54, 1.807) is 12.7 Å². The highest BCUT2D eigenvalue weighted by molar-refractivity contribution is 7.80. The molecule has 2 aromatic rings. The van der Waals surface area contributed by atoms with Crippen molar-refractivity contribution in [3.63, 3.8) is 0 Å². The van der Waals surface area contributed by atoms with E-state index in [4.69, 9.17) is 21.4 Å². The lowest BCUT2D eigenvalue weighted by atomic mass is 9.78. The van der Waals surface area contributed by atoms with Crippen LogP contribution in [-0.4, -0.2) is 60.7 Å². The van der Waals surface area contributed by atoms with Gasteiger partial charge in [-0.25, -0.2) is 0 Å². The van der Waals surface area contributed by atoms with E-state index >= 15 is 0 Å². The third-order valence-corrected chi connectivity index (χ3v) is 8.29.